The molecule has 1 spiro atoms. The van der Waals surface area contributed by atoms with Gasteiger partial charge in [0, 0.05) is 27.9 Å². The van der Waals surface area contributed by atoms with Crippen molar-refractivity contribution in [2.24, 2.45) is 5.41 Å². The van der Waals surface area contributed by atoms with Crippen molar-refractivity contribution < 1.29 is 14.4 Å². The summed E-state index contributed by atoms with van der Waals surface area (Å²) >= 11 is 6.08. The third-order valence-corrected chi connectivity index (χ3v) is 8.54. The van der Waals surface area contributed by atoms with E-state index in [0.717, 1.165) is 35.1 Å². The van der Waals surface area contributed by atoms with Crippen molar-refractivity contribution in [1.29, 1.82) is 0 Å². The first-order chi connectivity index (χ1) is 18.2. The molecule has 1 aliphatic carbocycles. The molecule has 0 bridgehead atoms. The molecule has 3 amide bonds. The Labute approximate surface area is 226 Å². The van der Waals surface area contributed by atoms with Gasteiger partial charge in [0.05, 0.1) is 11.5 Å². The van der Waals surface area contributed by atoms with Gasteiger partial charge in [0.15, 0.2) is 0 Å². The van der Waals surface area contributed by atoms with Crippen LogP contribution in [0, 0.1) is 5.41 Å². The van der Waals surface area contributed by atoms with Crippen molar-refractivity contribution in [3.8, 4) is 0 Å². The van der Waals surface area contributed by atoms with E-state index >= 15 is 0 Å². The molecule has 1 saturated heterocycles. The Kier molecular flexibility index (Phi) is 5.80. The third kappa shape index (κ3) is 4.06. The van der Waals surface area contributed by atoms with Crippen LogP contribution in [0.5, 0.6) is 0 Å². The maximum absolute atomic E-state index is 13.4. The minimum Gasteiger partial charge on any atom is -0.326 e. The zero-order valence-corrected chi connectivity index (χ0v) is 22.1. The molecule has 3 aromatic rings. The van der Waals surface area contributed by atoms with Gasteiger partial charge in [0.1, 0.15) is 12.4 Å². The van der Waals surface area contributed by atoms with E-state index in [-0.39, 0.29) is 30.3 Å². The largest absolute Gasteiger partial charge is 0.326 e. The van der Waals surface area contributed by atoms with Crippen molar-refractivity contribution in [2.75, 3.05) is 17.2 Å². The topological polar surface area (TPSA) is 91.4 Å². The molecule has 8 heteroatoms. The van der Waals surface area contributed by atoms with E-state index in [1.807, 2.05) is 68.4 Å². The van der Waals surface area contributed by atoms with Crippen molar-refractivity contribution in [1.82, 2.24) is 9.88 Å². The third-order valence-electron chi connectivity index (χ3n) is 8.29. The lowest BCUT2D eigenvalue weighted by molar-refractivity contribution is -0.150. The molecule has 1 aromatic heterocycles. The number of fused-ring (bicyclic) bond motifs is 3. The molecule has 2 N–H and O–H groups in total. The molecule has 2 atom stereocenters. The first-order valence-corrected chi connectivity index (χ1v) is 13.3. The number of rotatable bonds is 4. The van der Waals surface area contributed by atoms with E-state index in [4.69, 9.17) is 11.6 Å². The summed E-state index contributed by atoms with van der Waals surface area (Å²) in [6, 6.07) is 16.9. The number of hydrogen-bond acceptors (Lipinski definition) is 4. The second-order valence-electron chi connectivity index (χ2n) is 11.2. The molecule has 7 nitrogen and oxygen atoms in total. The van der Waals surface area contributed by atoms with Gasteiger partial charge in [-0.2, -0.15) is 0 Å². The Balaban J connectivity index is 1.20. The average Bonchev–Trinajstić information content (AvgIpc) is 3.40. The van der Waals surface area contributed by atoms with Crippen LogP contribution in [0.1, 0.15) is 55.0 Å². The highest BCUT2D eigenvalue weighted by Crippen LogP contribution is 2.47. The van der Waals surface area contributed by atoms with Crippen LogP contribution >= 0.6 is 11.6 Å². The summed E-state index contributed by atoms with van der Waals surface area (Å²) in [5, 5.41) is 6.55. The summed E-state index contributed by atoms with van der Waals surface area (Å²) in [5.41, 5.74) is 3.48. The van der Waals surface area contributed by atoms with Crippen LogP contribution in [-0.4, -0.2) is 34.2 Å². The molecule has 3 heterocycles. The molecule has 6 rings (SSSR count). The standard InChI is InChI=1S/C30H29ClN4O3/c1-29(2)12-11-24(18-5-8-21(31)9-6-18)35(28(29)38)17-25(36)33-22-10-7-19-15-30(16-20(19)14-22)23-4-3-13-32-26(23)34-27(30)37/h3-10,13-14,24H,11-12,15-17H2,1-2H3,(H,33,36)(H,32,34,37)/t24-,30+/m0/s1. The lowest BCUT2D eigenvalue weighted by Gasteiger charge is -2.43. The maximum Gasteiger partial charge on any atom is 0.244 e. The summed E-state index contributed by atoms with van der Waals surface area (Å²) < 4.78 is 0. The minimum atomic E-state index is -0.661. The smallest absolute Gasteiger partial charge is 0.244 e. The lowest BCUT2D eigenvalue weighted by atomic mass is 9.78. The van der Waals surface area contributed by atoms with Gasteiger partial charge in [-0.1, -0.05) is 49.7 Å². The van der Waals surface area contributed by atoms with Gasteiger partial charge < -0.3 is 15.5 Å². The highest BCUT2D eigenvalue weighted by Gasteiger charge is 2.51. The van der Waals surface area contributed by atoms with Crippen LogP contribution in [0.4, 0.5) is 11.5 Å². The van der Waals surface area contributed by atoms with Crippen LogP contribution in [0.25, 0.3) is 0 Å². The van der Waals surface area contributed by atoms with Gasteiger partial charge in [-0.25, -0.2) is 4.98 Å². The zero-order chi connectivity index (χ0) is 26.7. The first kappa shape index (κ1) is 24.6. The van der Waals surface area contributed by atoms with Gasteiger partial charge in [-0.3, -0.25) is 14.4 Å². The van der Waals surface area contributed by atoms with Gasteiger partial charge >= 0.3 is 0 Å². The van der Waals surface area contributed by atoms with E-state index in [2.05, 4.69) is 15.6 Å². The number of carbonyl (C=O) groups is 3. The van der Waals surface area contributed by atoms with Crippen LogP contribution in [0.15, 0.2) is 60.8 Å². The normalized spacial score (nSPS) is 23.2. The number of amides is 3. The Morgan fingerprint density at radius 3 is 2.66 bits per heavy atom. The molecule has 38 heavy (non-hydrogen) atoms. The van der Waals surface area contributed by atoms with Crippen molar-refractivity contribution in [2.45, 2.75) is 51.0 Å². The molecule has 0 saturated carbocycles. The lowest BCUT2D eigenvalue weighted by Crippen LogP contribution is -2.50. The number of anilines is 2. The van der Waals surface area contributed by atoms with Crippen molar-refractivity contribution in [3.63, 3.8) is 0 Å². The second kappa shape index (κ2) is 8.95. The Morgan fingerprint density at radius 1 is 1.11 bits per heavy atom. The monoisotopic (exact) mass is 528 g/mol. The summed E-state index contributed by atoms with van der Waals surface area (Å²) in [4.78, 5) is 45.6. The van der Waals surface area contributed by atoms with Crippen molar-refractivity contribution in [3.05, 3.63) is 88.1 Å². The molecule has 0 radical (unpaired) electrons. The summed E-state index contributed by atoms with van der Waals surface area (Å²) in [6.45, 7) is 3.82. The number of nitrogens with one attached hydrogen (secondary N) is 2. The number of aromatic nitrogens is 1. The Hall–Kier alpha value is -3.71. The predicted molar refractivity (Wildman–Crippen MR) is 146 cm³/mol. The Bertz CT molecular complexity index is 1470. The Morgan fingerprint density at radius 2 is 1.87 bits per heavy atom. The van der Waals surface area contributed by atoms with E-state index in [0.29, 0.717) is 29.4 Å². The van der Waals surface area contributed by atoms with Gasteiger partial charge in [-0.15, -0.1) is 0 Å². The number of hydrogen-bond donors (Lipinski definition) is 2. The SMILES string of the molecule is CC1(C)CC[C@@H](c2ccc(Cl)cc2)N(CC(=O)Nc2ccc3c(c2)C[C@@]2(C3)C(=O)Nc3ncccc32)C1=O. The molecule has 0 unspecified atom stereocenters. The first-order valence-electron chi connectivity index (χ1n) is 12.9. The number of carbonyl (C=O) groups excluding carboxylic acids is 3. The molecule has 2 aliphatic heterocycles. The number of pyridine rings is 1. The second-order valence-corrected chi connectivity index (χ2v) is 11.7. The molecular formula is C30H29ClN4O3. The minimum absolute atomic E-state index is 0.0331. The van der Waals surface area contributed by atoms with Gasteiger partial charge in [-0.05, 0) is 72.7 Å². The summed E-state index contributed by atoms with van der Waals surface area (Å²) in [6.07, 6.45) is 4.35. The van der Waals surface area contributed by atoms with E-state index in [1.165, 1.54) is 0 Å². The fraction of sp³-hybridized carbons (Fsp3) is 0.333. The number of benzene rings is 2. The molecular weight excluding hydrogens is 500 g/mol. The molecule has 3 aliphatic rings. The van der Waals surface area contributed by atoms with Gasteiger partial charge in [0.25, 0.3) is 0 Å². The fourth-order valence-corrected chi connectivity index (χ4v) is 6.33. The number of nitrogens with zero attached hydrogens (tertiary/aromatic N) is 2. The fourth-order valence-electron chi connectivity index (χ4n) is 6.20. The number of halogens is 1. The average molecular weight is 529 g/mol. The van der Waals surface area contributed by atoms with Crippen LogP contribution in [-0.2, 0) is 32.6 Å². The highest BCUT2D eigenvalue weighted by atomic mass is 35.5. The van der Waals surface area contributed by atoms with Crippen LogP contribution in [0.2, 0.25) is 5.02 Å². The summed E-state index contributed by atoms with van der Waals surface area (Å²) in [7, 11) is 0. The van der Waals surface area contributed by atoms with Crippen LogP contribution < -0.4 is 10.6 Å². The van der Waals surface area contributed by atoms with Crippen molar-refractivity contribution >= 4 is 40.8 Å². The maximum atomic E-state index is 13.4. The number of likely N-dealkylation sites (tertiary alicyclic amines) is 1. The zero-order valence-electron chi connectivity index (χ0n) is 21.4. The summed E-state index contributed by atoms with van der Waals surface area (Å²) in [5.74, 6) is 0.306. The predicted octanol–water partition coefficient (Wildman–Crippen LogP) is 5.05. The number of piperidine rings is 1. The van der Waals surface area contributed by atoms with E-state index < -0.39 is 10.8 Å². The molecule has 194 valence electrons. The molecule has 1 fully saturated rings. The van der Waals surface area contributed by atoms with Gasteiger partial charge in [0.2, 0.25) is 17.7 Å². The van der Waals surface area contributed by atoms with Crippen LogP contribution in [0.3, 0.4) is 0 Å². The highest BCUT2D eigenvalue weighted by molar-refractivity contribution is 6.30. The quantitative estimate of drug-likeness (QED) is 0.495. The van der Waals surface area contributed by atoms with E-state index in [9.17, 15) is 14.4 Å². The van der Waals surface area contributed by atoms with E-state index in [1.54, 1.807) is 11.1 Å². The molecule has 2 aromatic carbocycles.